The predicted molar refractivity (Wildman–Crippen MR) is 148 cm³/mol. The molecule has 0 aliphatic carbocycles. The zero-order valence-electron chi connectivity index (χ0n) is 17.3. The maximum absolute atomic E-state index is 12.7. The number of esters is 1. The Morgan fingerprint density at radius 2 is 1.83 bits per heavy atom. The van der Waals surface area contributed by atoms with Crippen LogP contribution in [0.25, 0.3) is 0 Å². The Labute approximate surface area is 237 Å². The van der Waals surface area contributed by atoms with Crippen molar-refractivity contribution in [3.8, 4) is 11.5 Å². The number of hydrogen-bond acceptors (Lipinski definition) is 7. The van der Waals surface area contributed by atoms with E-state index in [-0.39, 0.29) is 23.8 Å². The van der Waals surface area contributed by atoms with Crippen molar-refractivity contribution in [2.24, 2.45) is 5.10 Å². The van der Waals surface area contributed by atoms with Crippen LogP contribution in [0.1, 0.15) is 15.9 Å². The first-order valence-electron chi connectivity index (χ1n) is 9.50. The standard InChI is InChI=1S/C22H13Br3IN3O6/c23-13-7-12(21(17(25)8-13)35-22(31)15-3-1-2-4-18(15)26)10-27-28-20(30)11-34-19-6-5-14(29(32)33)9-16(19)24/h1-10H,11H2,(H,28,30). The van der Waals surface area contributed by atoms with E-state index < -0.39 is 16.8 Å². The molecule has 13 heteroatoms. The molecule has 0 atom stereocenters. The lowest BCUT2D eigenvalue weighted by Crippen LogP contribution is -2.24. The van der Waals surface area contributed by atoms with Gasteiger partial charge in [0.2, 0.25) is 0 Å². The second-order valence-corrected chi connectivity index (χ2v) is 10.4. The van der Waals surface area contributed by atoms with Crippen LogP contribution in [0.2, 0.25) is 0 Å². The van der Waals surface area contributed by atoms with Crippen molar-refractivity contribution in [3.63, 3.8) is 0 Å². The SMILES string of the molecule is O=C(COc1ccc([N+](=O)[O-])cc1Br)NN=Cc1cc(Br)cc(Br)c1OC(=O)c1ccccc1I. The van der Waals surface area contributed by atoms with Crippen LogP contribution in [0.15, 0.2) is 73.1 Å². The fraction of sp³-hybridized carbons (Fsp3) is 0.0455. The van der Waals surface area contributed by atoms with Crippen LogP contribution in [0, 0.1) is 13.7 Å². The van der Waals surface area contributed by atoms with E-state index in [1.54, 1.807) is 30.3 Å². The molecule has 3 rings (SSSR count). The molecule has 0 radical (unpaired) electrons. The number of hydrazone groups is 1. The highest BCUT2D eigenvalue weighted by Crippen LogP contribution is 2.33. The predicted octanol–water partition coefficient (Wildman–Crippen LogP) is 6.24. The largest absolute Gasteiger partial charge is 0.483 e. The van der Waals surface area contributed by atoms with Gasteiger partial charge in [-0.05, 0) is 84.8 Å². The Hall–Kier alpha value is -2.36. The Balaban J connectivity index is 1.67. The number of benzene rings is 3. The van der Waals surface area contributed by atoms with Gasteiger partial charge >= 0.3 is 5.97 Å². The summed E-state index contributed by atoms with van der Waals surface area (Å²) in [4.78, 5) is 35.1. The maximum Gasteiger partial charge on any atom is 0.344 e. The summed E-state index contributed by atoms with van der Waals surface area (Å²) in [6.45, 7) is -0.385. The van der Waals surface area contributed by atoms with E-state index in [0.717, 1.165) is 3.57 Å². The number of carbonyl (C=O) groups excluding carboxylic acids is 2. The van der Waals surface area contributed by atoms with E-state index in [1.807, 2.05) is 6.07 Å². The van der Waals surface area contributed by atoms with Gasteiger partial charge in [-0.25, -0.2) is 10.2 Å². The molecule has 3 aromatic rings. The van der Waals surface area contributed by atoms with Gasteiger partial charge in [0, 0.05) is 25.7 Å². The number of halogens is 4. The van der Waals surface area contributed by atoms with Crippen molar-refractivity contribution in [3.05, 3.63) is 92.8 Å². The molecule has 3 aromatic carbocycles. The van der Waals surface area contributed by atoms with Crippen LogP contribution >= 0.6 is 70.4 Å². The van der Waals surface area contributed by atoms with Crippen molar-refractivity contribution < 1.29 is 24.0 Å². The fourth-order valence-electron chi connectivity index (χ4n) is 2.63. The summed E-state index contributed by atoms with van der Waals surface area (Å²) in [6.07, 6.45) is 1.33. The third kappa shape index (κ3) is 7.56. The number of ether oxygens (including phenoxy) is 2. The molecular formula is C22H13Br3IN3O6. The lowest BCUT2D eigenvalue weighted by Gasteiger charge is -2.11. The lowest BCUT2D eigenvalue weighted by molar-refractivity contribution is -0.384. The number of non-ortho nitro benzene ring substituents is 1. The smallest absolute Gasteiger partial charge is 0.344 e. The van der Waals surface area contributed by atoms with Crippen LogP contribution in [0.3, 0.4) is 0 Å². The summed E-state index contributed by atoms with van der Waals surface area (Å²) in [5.41, 5.74) is 3.04. The van der Waals surface area contributed by atoms with Gasteiger partial charge < -0.3 is 9.47 Å². The summed E-state index contributed by atoms with van der Waals surface area (Å²) in [5, 5.41) is 14.7. The van der Waals surface area contributed by atoms with Crippen LogP contribution in [-0.2, 0) is 4.79 Å². The molecule has 0 aliphatic heterocycles. The number of nitro benzene ring substituents is 1. The van der Waals surface area contributed by atoms with E-state index in [0.29, 0.717) is 24.5 Å². The third-order valence-corrected chi connectivity index (χ3v) is 6.81. The van der Waals surface area contributed by atoms with Crippen LogP contribution in [0.5, 0.6) is 11.5 Å². The van der Waals surface area contributed by atoms with Gasteiger partial charge in [-0.1, -0.05) is 28.1 Å². The molecule has 0 heterocycles. The van der Waals surface area contributed by atoms with Crippen LogP contribution in [-0.4, -0.2) is 29.6 Å². The fourth-order valence-corrected chi connectivity index (χ4v) is 5.06. The number of nitrogens with one attached hydrogen (secondary N) is 1. The van der Waals surface area contributed by atoms with Gasteiger partial charge in [0.05, 0.1) is 25.6 Å². The van der Waals surface area contributed by atoms with Crippen LogP contribution < -0.4 is 14.9 Å². The zero-order chi connectivity index (χ0) is 25.5. The third-order valence-electron chi connectivity index (χ3n) is 4.20. The van der Waals surface area contributed by atoms with Crippen molar-refractivity contribution >= 4 is 94.2 Å². The summed E-state index contributed by atoms with van der Waals surface area (Å²) >= 11 is 12.0. The van der Waals surface area contributed by atoms with Crippen molar-refractivity contribution in [1.29, 1.82) is 0 Å². The quantitative estimate of drug-likeness (QED) is 0.0723. The molecule has 35 heavy (non-hydrogen) atoms. The number of hydrogen-bond donors (Lipinski definition) is 1. The minimum atomic E-state index is -0.571. The molecule has 0 aromatic heterocycles. The molecule has 1 N–H and O–H groups in total. The number of carbonyl (C=O) groups is 2. The van der Waals surface area contributed by atoms with E-state index >= 15 is 0 Å². The Morgan fingerprint density at radius 1 is 1.09 bits per heavy atom. The highest BCUT2D eigenvalue weighted by Gasteiger charge is 2.17. The Kier molecular flexibility index (Phi) is 9.77. The number of nitrogens with zero attached hydrogens (tertiary/aromatic N) is 2. The normalized spacial score (nSPS) is 10.7. The average molecular weight is 782 g/mol. The first kappa shape index (κ1) is 27.2. The van der Waals surface area contributed by atoms with Gasteiger partial charge in [0.1, 0.15) is 5.75 Å². The first-order valence-corrected chi connectivity index (χ1v) is 13.0. The van der Waals surface area contributed by atoms with Gasteiger partial charge in [-0.2, -0.15) is 5.10 Å². The number of amides is 1. The molecule has 0 unspecified atom stereocenters. The van der Waals surface area contributed by atoms with E-state index in [2.05, 4.69) is 80.9 Å². The zero-order valence-corrected chi connectivity index (χ0v) is 24.3. The Bertz CT molecular complexity index is 1340. The summed E-state index contributed by atoms with van der Waals surface area (Å²) in [6, 6.07) is 14.3. The first-order chi connectivity index (χ1) is 16.7. The van der Waals surface area contributed by atoms with Crippen molar-refractivity contribution in [2.45, 2.75) is 0 Å². The van der Waals surface area contributed by atoms with Crippen LogP contribution in [0.4, 0.5) is 5.69 Å². The van der Waals surface area contributed by atoms with Gasteiger partial charge in [0.25, 0.3) is 11.6 Å². The van der Waals surface area contributed by atoms with Gasteiger partial charge in [-0.3, -0.25) is 14.9 Å². The van der Waals surface area contributed by atoms with E-state index in [9.17, 15) is 19.7 Å². The number of rotatable bonds is 8. The minimum Gasteiger partial charge on any atom is -0.483 e. The molecule has 0 bridgehead atoms. The highest BCUT2D eigenvalue weighted by atomic mass is 127. The Morgan fingerprint density at radius 3 is 2.51 bits per heavy atom. The summed E-state index contributed by atoms with van der Waals surface area (Å²) in [7, 11) is 0. The second kappa shape index (κ2) is 12.6. The van der Waals surface area contributed by atoms with Gasteiger partial charge in [-0.15, -0.1) is 0 Å². The van der Waals surface area contributed by atoms with Crippen molar-refractivity contribution in [1.82, 2.24) is 5.43 Å². The summed E-state index contributed by atoms with van der Waals surface area (Å²) < 4.78 is 13.3. The van der Waals surface area contributed by atoms with E-state index in [1.165, 1.54) is 24.4 Å². The molecule has 180 valence electrons. The monoisotopic (exact) mass is 779 g/mol. The van der Waals surface area contributed by atoms with Gasteiger partial charge in [0.15, 0.2) is 12.4 Å². The second-order valence-electron chi connectivity index (χ2n) is 6.63. The molecule has 0 saturated carbocycles. The highest BCUT2D eigenvalue weighted by molar-refractivity contribution is 14.1. The maximum atomic E-state index is 12.7. The summed E-state index contributed by atoms with van der Waals surface area (Å²) in [5.74, 6) is -0.631. The van der Waals surface area contributed by atoms with E-state index in [4.69, 9.17) is 9.47 Å². The molecule has 9 nitrogen and oxygen atoms in total. The molecule has 0 spiro atoms. The molecule has 0 aliphatic rings. The lowest BCUT2D eigenvalue weighted by atomic mass is 10.2. The molecule has 0 fully saturated rings. The molecule has 1 amide bonds. The van der Waals surface area contributed by atoms with Crippen molar-refractivity contribution in [2.75, 3.05) is 6.61 Å². The molecular weight excluding hydrogens is 769 g/mol. The topological polar surface area (TPSA) is 120 Å². The molecule has 0 saturated heterocycles. The number of nitro groups is 1. The minimum absolute atomic E-state index is 0.114. The average Bonchev–Trinajstić information content (AvgIpc) is 2.80.